The van der Waals surface area contributed by atoms with Crippen LogP contribution in [0.15, 0.2) is 53.4 Å². The number of benzene rings is 2. The molecule has 9 heteroatoms. The van der Waals surface area contributed by atoms with Crippen molar-refractivity contribution in [2.75, 3.05) is 32.8 Å². The third kappa shape index (κ3) is 4.06. The van der Waals surface area contributed by atoms with Gasteiger partial charge in [-0.3, -0.25) is 4.79 Å². The summed E-state index contributed by atoms with van der Waals surface area (Å²) in [6.45, 7) is 1.24. The molecule has 0 aromatic heterocycles. The largest absolute Gasteiger partial charge is 0.485 e. The molecule has 0 aliphatic carbocycles. The number of para-hydroxylation sites is 2. The van der Waals surface area contributed by atoms with Crippen LogP contribution < -0.4 is 9.47 Å². The lowest BCUT2D eigenvalue weighted by atomic mass is 10.2. The summed E-state index contributed by atoms with van der Waals surface area (Å²) in [5.41, 5.74) is 0. The minimum absolute atomic E-state index is 0.0410. The van der Waals surface area contributed by atoms with Gasteiger partial charge in [-0.25, -0.2) is 12.8 Å². The summed E-state index contributed by atoms with van der Waals surface area (Å²) in [6.07, 6.45) is -0.263. The van der Waals surface area contributed by atoms with Crippen molar-refractivity contribution >= 4 is 15.9 Å². The van der Waals surface area contributed by atoms with Crippen molar-refractivity contribution in [2.24, 2.45) is 0 Å². The molecule has 2 aliphatic heterocycles. The zero-order valence-electron chi connectivity index (χ0n) is 15.7. The first kappa shape index (κ1) is 19.7. The number of halogens is 1. The van der Waals surface area contributed by atoms with Gasteiger partial charge in [-0.1, -0.05) is 12.1 Å². The average molecular weight is 420 g/mol. The van der Waals surface area contributed by atoms with Crippen LogP contribution in [0.1, 0.15) is 6.42 Å². The van der Waals surface area contributed by atoms with Crippen LogP contribution in [0.4, 0.5) is 4.39 Å². The van der Waals surface area contributed by atoms with Crippen LogP contribution in [-0.2, 0) is 14.8 Å². The Morgan fingerprint density at radius 2 is 1.69 bits per heavy atom. The number of nitrogens with zero attached hydrogens (tertiary/aromatic N) is 2. The number of sulfonamides is 1. The van der Waals surface area contributed by atoms with E-state index in [4.69, 9.17) is 9.47 Å². The summed E-state index contributed by atoms with van der Waals surface area (Å²) in [7, 11) is -3.74. The van der Waals surface area contributed by atoms with Crippen molar-refractivity contribution in [3.05, 3.63) is 54.3 Å². The van der Waals surface area contributed by atoms with Gasteiger partial charge in [0.1, 0.15) is 12.4 Å². The van der Waals surface area contributed by atoms with E-state index in [0.717, 1.165) is 12.1 Å². The highest BCUT2D eigenvalue weighted by molar-refractivity contribution is 7.89. The predicted molar refractivity (Wildman–Crippen MR) is 103 cm³/mol. The second-order valence-corrected chi connectivity index (χ2v) is 8.84. The summed E-state index contributed by atoms with van der Waals surface area (Å²) < 4.78 is 51.5. The van der Waals surface area contributed by atoms with E-state index in [1.165, 1.54) is 16.4 Å². The molecule has 7 nitrogen and oxygen atoms in total. The average Bonchev–Trinajstić information content (AvgIpc) is 3.00. The van der Waals surface area contributed by atoms with Crippen molar-refractivity contribution in [3.8, 4) is 11.5 Å². The molecule has 0 radical (unpaired) electrons. The smallest absolute Gasteiger partial charge is 0.267 e. The van der Waals surface area contributed by atoms with Crippen LogP contribution >= 0.6 is 0 Å². The molecule has 2 aromatic carbocycles. The molecule has 2 aliphatic rings. The van der Waals surface area contributed by atoms with Gasteiger partial charge in [-0.15, -0.1) is 0 Å². The molecule has 29 heavy (non-hydrogen) atoms. The van der Waals surface area contributed by atoms with Gasteiger partial charge in [0.2, 0.25) is 16.1 Å². The molecule has 1 unspecified atom stereocenters. The number of amides is 1. The second-order valence-electron chi connectivity index (χ2n) is 6.90. The molecule has 1 fully saturated rings. The van der Waals surface area contributed by atoms with E-state index in [1.54, 1.807) is 23.1 Å². The van der Waals surface area contributed by atoms with Crippen LogP contribution in [-0.4, -0.2) is 62.4 Å². The fourth-order valence-corrected chi connectivity index (χ4v) is 4.92. The van der Waals surface area contributed by atoms with Gasteiger partial charge < -0.3 is 14.4 Å². The van der Waals surface area contributed by atoms with Gasteiger partial charge in [0.15, 0.2) is 11.5 Å². The SMILES string of the molecule is O=C(C1COc2ccccc2O1)N1CCCN(S(=O)(=O)c2ccc(F)cc2)CC1. The Hall–Kier alpha value is -2.65. The number of carbonyl (C=O) groups excluding carboxylic acids is 1. The minimum atomic E-state index is -3.74. The standard InChI is InChI=1S/C20H21FN2O5S/c21-15-6-8-16(9-7-15)29(25,26)23-11-3-10-22(12-13-23)20(24)19-14-27-17-4-1-2-5-18(17)28-19/h1-2,4-9,19H,3,10-14H2. The maximum absolute atomic E-state index is 13.1. The zero-order chi connectivity index (χ0) is 20.4. The lowest BCUT2D eigenvalue weighted by molar-refractivity contribution is -0.141. The quantitative estimate of drug-likeness (QED) is 0.758. The summed E-state index contributed by atoms with van der Waals surface area (Å²) in [6, 6.07) is 11.9. The van der Waals surface area contributed by atoms with Crippen LogP contribution in [0.25, 0.3) is 0 Å². The monoisotopic (exact) mass is 420 g/mol. The zero-order valence-corrected chi connectivity index (χ0v) is 16.5. The van der Waals surface area contributed by atoms with Crippen molar-refractivity contribution in [1.29, 1.82) is 0 Å². The molecular weight excluding hydrogens is 399 g/mol. The highest BCUT2D eigenvalue weighted by Crippen LogP contribution is 2.31. The molecule has 0 N–H and O–H groups in total. The van der Waals surface area contributed by atoms with Crippen LogP contribution in [0.2, 0.25) is 0 Å². The maximum Gasteiger partial charge on any atom is 0.267 e. The highest BCUT2D eigenvalue weighted by Gasteiger charge is 2.34. The molecule has 1 saturated heterocycles. The molecule has 154 valence electrons. The summed E-state index contributed by atoms with van der Waals surface area (Å²) in [5.74, 6) is 0.407. The number of carbonyl (C=O) groups is 1. The number of fused-ring (bicyclic) bond motifs is 1. The van der Waals surface area contributed by atoms with Gasteiger partial charge in [-0.2, -0.15) is 4.31 Å². The van der Waals surface area contributed by atoms with Gasteiger partial charge in [0, 0.05) is 26.2 Å². The van der Waals surface area contributed by atoms with Crippen molar-refractivity contribution < 1.29 is 27.1 Å². The van der Waals surface area contributed by atoms with Gasteiger partial charge in [0.05, 0.1) is 4.90 Å². The Labute approximate surface area is 168 Å². The summed E-state index contributed by atoms with van der Waals surface area (Å²) in [5, 5.41) is 0. The third-order valence-corrected chi connectivity index (χ3v) is 6.91. The first-order chi connectivity index (χ1) is 13.9. The molecule has 1 amide bonds. The van der Waals surface area contributed by atoms with Crippen LogP contribution in [0, 0.1) is 5.82 Å². The number of hydrogen-bond donors (Lipinski definition) is 0. The summed E-state index contributed by atoms with van der Waals surface area (Å²) in [4.78, 5) is 14.5. The van der Waals surface area contributed by atoms with E-state index in [2.05, 4.69) is 0 Å². The van der Waals surface area contributed by atoms with Crippen LogP contribution in [0.3, 0.4) is 0 Å². The van der Waals surface area contributed by atoms with E-state index < -0.39 is 21.9 Å². The number of hydrogen-bond acceptors (Lipinski definition) is 5. The topological polar surface area (TPSA) is 76.2 Å². The normalized spacial score (nSPS) is 20.2. The molecule has 2 aromatic rings. The molecule has 1 atom stereocenters. The Morgan fingerprint density at radius 3 is 2.45 bits per heavy atom. The van der Waals surface area contributed by atoms with Crippen molar-refractivity contribution in [1.82, 2.24) is 9.21 Å². The van der Waals surface area contributed by atoms with Gasteiger partial charge >= 0.3 is 0 Å². The van der Waals surface area contributed by atoms with E-state index in [-0.39, 0.29) is 37.0 Å². The lowest BCUT2D eigenvalue weighted by Gasteiger charge is -2.30. The van der Waals surface area contributed by atoms with Crippen molar-refractivity contribution in [3.63, 3.8) is 0 Å². The van der Waals surface area contributed by atoms with Gasteiger partial charge in [0.25, 0.3) is 5.91 Å². The summed E-state index contributed by atoms with van der Waals surface area (Å²) >= 11 is 0. The molecule has 0 bridgehead atoms. The lowest BCUT2D eigenvalue weighted by Crippen LogP contribution is -2.47. The van der Waals surface area contributed by atoms with E-state index in [1.807, 2.05) is 6.07 Å². The molecular formula is C20H21FN2O5S. The third-order valence-electron chi connectivity index (χ3n) is 5.00. The Morgan fingerprint density at radius 1 is 0.966 bits per heavy atom. The number of ether oxygens (including phenoxy) is 2. The molecule has 4 rings (SSSR count). The first-order valence-electron chi connectivity index (χ1n) is 9.38. The van der Waals surface area contributed by atoms with Crippen molar-refractivity contribution in [2.45, 2.75) is 17.4 Å². The molecule has 0 spiro atoms. The predicted octanol–water partition coefficient (Wildman–Crippen LogP) is 1.89. The number of rotatable bonds is 3. The van der Waals surface area contributed by atoms with E-state index in [0.29, 0.717) is 24.5 Å². The van der Waals surface area contributed by atoms with Crippen LogP contribution in [0.5, 0.6) is 11.5 Å². The minimum Gasteiger partial charge on any atom is -0.485 e. The Kier molecular flexibility index (Phi) is 5.42. The van der Waals surface area contributed by atoms with Gasteiger partial charge in [-0.05, 0) is 42.8 Å². The molecule has 0 saturated carbocycles. The second kappa shape index (κ2) is 8.00. The highest BCUT2D eigenvalue weighted by atomic mass is 32.2. The Bertz CT molecular complexity index is 996. The first-order valence-corrected chi connectivity index (χ1v) is 10.8. The molecule has 2 heterocycles. The fraction of sp³-hybridized carbons (Fsp3) is 0.350. The fourth-order valence-electron chi connectivity index (χ4n) is 3.46. The van der Waals surface area contributed by atoms with E-state index in [9.17, 15) is 17.6 Å². The Balaban J connectivity index is 1.42. The maximum atomic E-state index is 13.1. The van der Waals surface area contributed by atoms with E-state index >= 15 is 0 Å².